The molecule has 5 rings (SSSR count). The molecule has 0 unspecified atom stereocenters. The largest absolute Gasteiger partial charge is 0.496 e. The van der Waals surface area contributed by atoms with Gasteiger partial charge in [0.05, 0.1) is 23.4 Å². The third-order valence-corrected chi connectivity index (χ3v) is 5.83. The van der Waals surface area contributed by atoms with Crippen molar-refractivity contribution in [3.05, 3.63) is 86.8 Å². The summed E-state index contributed by atoms with van der Waals surface area (Å²) in [7, 11) is 1.52. The van der Waals surface area contributed by atoms with Gasteiger partial charge in [0, 0.05) is 22.2 Å². The van der Waals surface area contributed by atoms with Crippen LogP contribution in [0.1, 0.15) is 5.56 Å². The van der Waals surface area contributed by atoms with Crippen LogP contribution in [0.15, 0.2) is 70.0 Å². The molecule has 0 aliphatic rings. The van der Waals surface area contributed by atoms with Crippen molar-refractivity contribution in [3.8, 4) is 45.7 Å². The van der Waals surface area contributed by atoms with Gasteiger partial charge in [0.2, 0.25) is 5.82 Å². The van der Waals surface area contributed by atoms with Crippen LogP contribution in [0.2, 0.25) is 10.0 Å². The van der Waals surface area contributed by atoms with Crippen molar-refractivity contribution >= 4 is 23.2 Å². The van der Waals surface area contributed by atoms with Crippen LogP contribution >= 0.6 is 23.2 Å². The van der Waals surface area contributed by atoms with E-state index in [1.807, 2.05) is 19.1 Å². The van der Waals surface area contributed by atoms with Gasteiger partial charge in [-0.1, -0.05) is 40.5 Å². The van der Waals surface area contributed by atoms with Crippen LogP contribution in [0.3, 0.4) is 0 Å². The molecule has 0 amide bonds. The maximum absolute atomic E-state index is 12.7. The molecule has 0 bridgehead atoms. The third kappa shape index (κ3) is 3.98. The number of hydrogen-bond acceptors (Lipinski definition) is 6. The Morgan fingerprint density at radius 3 is 2.59 bits per heavy atom. The molecule has 170 valence electrons. The van der Waals surface area contributed by atoms with Gasteiger partial charge < -0.3 is 9.26 Å². The van der Waals surface area contributed by atoms with Crippen LogP contribution < -0.4 is 10.4 Å². The van der Waals surface area contributed by atoms with E-state index in [9.17, 15) is 4.79 Å². The number of benzene rings is 3. The number of nitrogens with zero attached hydrogens (tertiary/aromatic N) is 4. The van der Waals surface area contributed by atoms with E-state index in [-0.39, 0.29) is 5.89 Å². The molecule has 0 spiro atoms. The van der Waals surface area contributed by atoms with E-state index in [4.69, 9.17) is 32.5 Å². The van der Waals surface area contributed by atoms with E-state index in [1.54, 1.807) is 48.5 Å². The number of ether oxygens (including phenoxy) is 1. The Labute approximate surface area is 203 Å². The minimum absolute atomic E-state index is 0.273. The third-order valence-electron chi connectivity index (χ3n) is 5.26. The molecule has 2 heterocycles. The van der Waals surface area contributed by atoms with E-state index in [0.717, 1.165) is 11.1 Å². The zero-order chi connectivity index (χ0) is 23.8. The summed E-state index contributed by atoms with van der Waals surface area (Å²) < 4.78 is 12.2. The van der Waals surface area contributed by atoms with Crippen molar-refractivity contribution in [2.75, 3.05) is 7.11 Å². The Balaban J connectivity index is 1.52. The van der Waals surface area contributed by atoms with Crippen molar-refractivity contribution in [3.63, 3.8) is 0 Å². The Morgan fingerprint density at radius 2 is 1.85 bits per heavy atom. The van der Waals surface area contributed by atoms with Crippen LogP contribution in [0.25, 0.3) is 39.9 Å². The molecule has 0 atom stereocenters. The van der Waals surface area contributed by atoms with Gasteiger partial charge >= 0.3 is 5.69 Å². The van der Waals surface area contributed by atoms with Gasteiger partial charge in [-0.05, 0) is 55.0 Å². The summed E-state index contributed by atoms with van der Waals surface area (Å²) in [6.45, 7) is 1.90. The van der Waals surface area contributed by atoms with Gasteiger partial charge in [-0.3, -0.25) is 4.98 Å². The first-order chi connectivity index (χ1) is 16.4. The van der Waals surface area contributed by atoms with Crippen LogP contribution in [-0.4, -0.2) is 32.0 Å². The van der Waals surface area contributed by atoms with Gasteiger partial charge in [-0.15, -0.1) is 5.10 Å². The molecule has 0 saturated heterocycles. The fourth-order valence-electron chi connectivity index (χ4n) is 3.58. The second-order valence-corrected chi connectivity index (χ2v) is 8.28. The van der Waals surface area contributed by atoms with Crippen molar-refractivity contribution in [2.45, 2.75) is 6.92 Å². The highest BCUT2D eigenvalue weighted by Crippen LogP contribution is 2.33. The molecule has 3 aromatic carbocycles. The van der Waals surface area contributed by atoms with Gasteiger partial charge in [-0.25, -0.2) is 4.79 Å². The molecular formula is C24H17Cl2N5O3. The number of H-pyrrole nitrogens is 1. The van der Waals surface area contributed by atoms with Gasteiger partial charge in [-0.2, -0.15) is 9.67 Å². The van der Waals surface area contributed by atoms with Crippen LogP contribution in [0.5, 0.6) is 5.75 Å². The summed E-state index contributed by atoms with van der Waals surface area (Å²) in [6, 6.07) is 17.7. The van der Waals surface area contributed by atoms with E-state index in [0.29, 0.717) is 44.3 Å². The number of rotatable bonds is 5. The lowest BCUT2D eigenvalue weighted by atomic mass is 10.1. The van der Waals surface area contributed by atoms with Crippen molar-refractivity contribution in [1.82, 2.24) is 24.9 Å². The number of halogens is 2. The SMILES string of the molecule is COc1cc(-n2nc(-c3c(C)cccc3Cl)[nH]c2=O)ccc1-c1nc(-c2ccc(Cl)cc2)no1. The summed E-state index contributed by atoms with van der Waals surface area (Å²) in [6.07, 6.45) is 0. The van der Waals surface area contributed by atoms with E-state index < -0.39 is 5.69 Å². The number of aromatic amines is 1. The first-order valence-electron chi connectivity index (χ1n) is 10.2. The number of methoxy groups -OCH3 is 1. The molecule has 0 radical (unpaired) electrons. The normalized spacial score (nSPS) is 11.1. The topological polar surface area (TPSA) is 98.8 Å². The maximum atomic E-state index is 12.7. The van der Waals surface area contributed by atoms with Gasteiger partial charge in [0.1, 0.15) is 5.75 Å². The average molecular weight is 494 g/mol. The standard InChI is InChI=1S/C24H17Cl2N5O3/c1-13-4-3-5-18(26)20(13)22-28-24(32)31(29-22)16-10-11-17(19(12-16)33-2)23-27-21(30-34-23)14-6-8-15(25)9-7-14/h3-12H,1-2H3,(H,28,29,32). The zero-order valence-electron chi connectivity index (χ0n) is 18.0. The highest BCUT2D eigenvalue weighted by atomic mass is 35.5. The molecule has 8 nitrogen and oxygen atoms in total. The molecule has 34 heavy (non-hydrogen) atoms. The Bertz CT molecular complexity index is 1530. The minimum Gasteiger partial charge on any atom is -0.496 e. The molecule has 5 aromatic rings. The summed E-state index contributed by atoms with van der Waals surface area (Å²) in [5.41, 5.74) is 2.99. The Morgan fingerprint density at radius 1 is 1.06 bits per heavy atom. The molecular weight excluding hydrogens is 477 g/mol. The molecule has 10 heteroatoms. The summed E-state index contributed by atoms with van der Waals surface area (Å²) >= 11 is 12.3. The average Bonchev–Trinajstić information content (AvgIpc) is 3.46. The Hall–Kier alpha value is -3.88. The first kappa shape index (κ1) is 21.9. The molecule has 0 saturated carbocycles. The fraction of sp³-hybridized carbons (Fsp3) is 0.0833. The predicted octanol–water partition coefficient (Wildman–Crippen LogP) is 5.57. The zero-order valence-corrected chi connectivity index (χ0v) is 19.6. The number of aromatic nitrogens is 5. The van der Waals surface area contributed by atoms with Crippen molar-refractivity contribution in [1.29, 1.82) is 0 Å². The smallest absolute Gasteiger partial charge is 0.348 e. The lowest BCUT2D eigenvalue weighted by molar-refractivity contribution is 0.405. The maximum Gasteiger partial charge on any atom is 0.348 e. The Kier molecular flexibility index (Phi) is 5.69. The predicted molar refractivity (Wildman–Crippen MR) is 130 cm³/mol. The lowest BCUT2D eigenvalue weighted by Gasteiger charge is -2.08. The second kappa shape index (κ2) is 8.81. The molecule has 2 aromatic heterocycles. The van der Waals surface area contributed by atoms with Crippen LogP contribution in [0, 0.1) is 6.92 Å². The highest BCUT2D eigenvalue weighted by molar-refractivity contribution is 6.33. The van der Waals surface area contributed by atoms with E-state index >= 15 is 0 Å². The molecule has 0 aliphatic heterocycles. The summed E-state index contributed by atoms with van der Waals surface area (Å²) in [4.78, 5) is 19.9. The molecule has 0 fully saturated rings. The monoisotopic (exact) mass is 493 g/mol. The highest BCUT2D eigenvalue weighted by Gasteiger charge is 2.18. The number of hydrogen-bond donors (Lipinski definition) is 1. The van der Waals surface area contributed by atoms with Crippen molar-refractivity contribution in [2.24, 2.45) is 0 Å². The first-order valence-corrected chi connectivity index (χ1v) is 10.9. The van der Waals surface area contributed by atoms with E-state index in [1.165, 1.54) is 11.8 Å². The molecule has 0 aliphatic carbocycles. The van der Waals surface area contributed by atoms with Crippen molar-refractivity contribution < 1.29 is 9.26 Å². The van der Waals surface area contributed by atoms with Crippen LogP contribution in [-0.2, 0) is 0 Å². The van der Waals surface area contributed by atoms with Gasteiger partial charge in [0.15, 0.2) is 5.82 Å². The quantitative estimate of drug-likeness (QED) is 0.343. The van der Waals surface area contributed by atoms with Crippen LogP contribution in [0.4, 0.5) is 0 Å². The molecule has 1 N–H and O–H groups in total. The fourth-order valence-corrected chi connectivity index (χ4v) is 4.02. The number of aryl methyl sites for hydroxylation is 1. The van der Waals surface area contributed by atoms with E-state index in [2.05, 4.69) is 20.2 Å². The lowest BCUT2D eigenvalue weighted by Crippen LogP contribution is -2.16. The number of nitrogens with one attached hydrogen (secondary N) is 1. The van der Waals surface area contributed by atoms with Gasteiger partial charge in [0.25, 0.3) is 5.89 Å². The minimum atomic E-state index is -0.410. The summed E-state index contributed by atoms with van der Waals surface area (Å²) in [5, 5.41) is 9.61. The summed E-state index contributed by atoms with van der Waals surface area (Å²) in [5.74, 6) is 1.51. The second-order valence-electron chi connectivity index (χ2n) is 7.44.